The molecule has 2 rings (SSSR count). The average Bonchev–Trinajstić information content (AvgIpc) is 2.72. The largest absolute Gasteiger partial charge is 0.313 e. The van der Waals surface area contributed by atoms with Crippen molar-refractivity contribution in [2.75, 3.05) is 26.2 Å². The van der Waals surface area contributed by atoms with Crippen LogP contribution in [0.15, 0.2) is 0 Å². The highest BCUT2D eigenvalue weighted by molar-refractivity contribution is 4.75. The molecule has 2 aliphatic rings. The summed E-state index contributed by atoms with van der Waals surface area (Å²) in [6, 6.07) is 0.775. The van der Waals surface area contributed by atoms with Crippen molar-refractivity contribution in [2.45, 2.75) is 57.9 Å². The predicted octanol–water partition coefficient (Wildman–Crippen LogP) is 2.64. The third-order valence-corrected chi connectivity index (χ3v) is 4.48. The van der Waals surface area contributed by atoms with Gasteiger partial charge in [0.25, 0.3) is 0 Å². The molecule has 1 saturated carbocycles. The highest BCUT2D eigenvalue weighted by Crippen LogP contribution is 2.27. The summed E-state index contributed by atoms with van der Waals surface area (Å²) >= 11 is 0. The fraction of sp³-hybridized carbons (Fsp3) is 1.00. The fourth-order valence-corrected chi connectivity index (χ4v) is 3.22. The van der Waals surface area contributed by atoms with E-state index in [0.717, 1.165) is 12.0 Å². The Morgan fingerprint density at radius 2 is 1.94 bits per heavy atom. The van der Waals surface area contributed by atoms with Gasteiger partial charge >= 0.3 is 0 Å². The quantitative estimate of drug-likeness (QED) is 0.790. The zero-order valence-corrected chi connectivity index (χ0v) is 10.9. The Morgan fingerprint density at radius 3 is 2.69 bits per heavy atom. The first-order chi connectivity index (χ1) is 7.88. The SMILES string of the molecule is CCC1CCN(CCC2CCCC2)CCN1. The van der Waals surface area contributed by atoms with Gasteiger partial charge in [-0.15, -0.1) is 0 Å². The molecule has 16 heavy (non-hydrogen) atoms. The van der Waals surface area contributed by atoms with Crippen molar-refractivity contribution in [3.05, 3.63) is 0 Å². The predicted molar refractivity (Wildman–Crippen MR) is 69.7 cm³/mol. The molecule has 1 heterocycles. The van der Waals surface area contributed by atoms with Crippen molar-refractivity contribution in [3.8, 4) is 0 Å². The molecule has 1 unspecified atom stereocenters. The van der Waals surface area contributed by atoms with Crippen LogP contribution < -0.4 is 5.32 Å². The molecule has 2 heteroatoms. The molecule has 0 radical (unpaired) electrons. The number of rotatable bonds is 4. The molecule has 0 bridgehead atoms. The van der Waals surface area contributed by atoms with Gasteiger partial charge in [-0.2, -0.15) is 0 Å². The third kappa shape index (κ3) is 3.74. The standard InChI is InChI=1S/C14H28N2/c1-2-14-8-11-16(12-9-15-14)10-7-13-5-3-4-6-13/h13-15H,2-12H2,1H3. The first-order valence-electron chi connectivity index (χ1n) is 7.34. The third-order valence-electron chi connectivity index (χ3n) is 4.48. The molecule has 0 amide bonds. The van der Waals surface area contributed by atoms with E-state index in [1.54, 1.807) is 0 Å². The Hall–Kier alpha value is -0.0800. The lowest BCUT2D eigenvalue weighted by atomic mass is 10.0. The molecule has 94 valence electrons. The smallest absolute Gasteiger partial charge is 0.0107 e. The molecule has 1 aliphatic carbocycles. The van der Waals surface area contributed by atoms with E-state index >= 15 is 0 Å². The minimum atomic E-state index is 0.775. The first-order valence-corrected chi connectivity index (χ1v) is 7.34. The maximum atomic E-state index is 3.65. The van der Waals surface area contributed by atoms with Crippen molar-refractivity contribution >= 4 is 0 Å². The van der Waals surface area contributed by atoms with E-state index in [-0.39, 0.29) is 0 Å². The normalized spacial score (nSPS) is 29.4. The first kappa shape index (κ1) is 12.4. The Balaban J connectivity index is 1.65. The van der Waals surface area contributed by atoms with Crippen LogP contribution in [0.4, 0.5) is 0 Å². The lowest BCUT2D eigenvalue weighted by Gasteiger charge is -2.21. The summed E-state index contributed by atoms with van der Waals surface area (Å²) in [7, 11) is 0. The van der Waals surface area contributed by atoms with Gasteiger partial charge in [-0.25, -0.2) is 0 Å². The molecule has 0 aromatic heterocycles. The molecule has 1 atom stereocenters. The minimum Gasteiger partial charge on any atom is -0.313 e. The van der Waals surface area contributed by atoms with Gasteiger partial charge in [-0.3, -0.25) is 0 Å². The monoisotopic (exact) mass is 224 g/mol. The molecule has 2 nitrogen and oxygen atoms in total. The molecule has 2 fully saturated rings. The highest BCUT2D eigenvalue weighted by atomic mass is 15.2. The Labute approximate surface area is 101 Å². The number of hydrogen-bond donors (Lipinski definition) is 1. The lowest BCUT2D eigenvalue weighted by Crippen LogP contribution is -2.30. The van der Waals surface area contributed by atoms with Crippen LogP contribution >= 0.6 is 0 Å². The summed E-state index contributed by atoms with van der Waals surface area (Å²) < 4.78 is 0. The number of nitrogens with zero attached hydrogens (tertiary/aromatic N) is 1. The minimum absolute atomic E-state index is 0.775. The average molecular weight is 224 g/mol. The van der Waals surface area contributed by atoms with Crippen molar-refractivity contribution in [1.82, 2.24) is 10.2 Å². The summed E-state index contributed by atoms with van der Waals surface area (Å²) in [6.07, 6.45) is 10.1. The summed E-state index contributed by atoms with van der Waals surface area (Å²) in [6.45, 7) is 7.43. The molecule has 1 saturated heterocycles. The van der Waals surface area contributed by atoms with Crippen LogP contribution in [0, 0.1) is 5.92 Å². The lowest BCUT2D eigenvalue weighted by molar-refractivity contribution is 0.265. The van der Waals surface area contributed by atoms with Gasteiger partial charge in [0.1, 0.15) is 0 Å². The molecule has 0 spiro atoms. The van der Waals surface area contributed by atoms with Crippen LogP contribution in [0.3, 0.4) is 0 Å². The fourth-order valence-electron chi connectivity index (χ4n) is 3.22. The Kier molecular flexibility index (Phi) is 5.11. The van der Waals surface area contributed by atoms with Gasteiger partial charge in [0.15, 0.2) is 0 Å². The van der Waals surface area contributed by atoms with Crippen LogP contribution in [0.2, 0.25) is 0 Å². The van der Waals surface area contributed by atoms with Gasteiger partial charge in [0.05, 0.1) is 0 Å². The van der Waals surface area contributed by atoms with E-state index < -0.39 is 0 Å². The van der Waals surface area contributed by atoms with Crippen LogP contribution in [-0.2, 0) is 0 Å². The van der Waals surface area contributed by atoms with E-state index in [9.17, 15) is 0 Å². The molecular weight excluding hydrogens is 196 g/mol. The van der Waals surface area contributed by atoms with E-state index in [4.69, 9.17) is 0 Å². The van der Waals surface area contributed by atoms with Crippen LogP contribution in [0.25, 0.3) is 0 Å². The highest BCUT2D eigenvalue weighted by Gasteiger charge is 2.18. The molecule has 0 aromatic carbocycles. The second-order valence-electron chi connectivity index (χ2n) is 5.63. The van der Waals surface area contributed by atoms with Crippen molar-refractivity contribution in [3.63, 3.8) is 0 Å². The van der Waals surface area contributed by atoms with Crippen molar-refractivity contribution in [1.29, 1.82) is 0 Å². The van der Waals surface area contributed by atoms with Crippen molar-refractivity contribution < 1.29 is 0 Å². The zero-order chi connectivity index (χ0) is 11.2. The van der Waals surface area contributed by atoms with E-state index in [1.165, 1.54) is 71.1 Å². The van der Waals surface area contributed by atoms with Gasteiger partial charge in [0.2, 0.25) is 0 Å². The topological polar surface area (TPSA) is 15.3 Å². The molecule has 1 aliphatic heterocycles. The van der Waals surface area contributed by atoms with E-state index in [2.05, 4.69) is 17.1 Å². The zero-order valence-electron chi connectivity index (χ0n) is 10.9. The number of nitrogens with one attached hydrogen (secondary N) is 1. The maximum Gasteiger partial charge on any atom is 0.0107 e. The Morgan fingerprint density at radius 1 is 1.12 bits per heavy atom. The molecular formula is C14H28N2. The summed E-state index contributed by atoms with van der Waals surface area (Å²) in [5.74, 6) is 1.05. The summed E-state index contributed by atoms with van der Waals surface area (Å²) in [5, 5.41) is 3.65. The van der Waals surface area contributed by atoms with E-state index in [1.807, 2.05) is 0 Å². The van der Waals surface area contributed by atoms with Crippen LogP contribution in [-0.4, -0.2) is 37.1 Å². The summed E-state index contributed by atoms with van der Waals surface area (Å²) in [4.78, 5) is 2.68. The maximum absolute atomic E-state index is 3.65. The van der Waals surface area contributed by atoms with Gasteiger partial charge in [0, 0.05) is 19.1 Å². The molecule has 0 aromatic rings. The van der Waals surface area contributed by atoms with Crippen LogP contribution in [0.1, 0.15) is 51.9 Å². The Bertz CT molecular complexity index is 187. The summed E-state index contributed by atoms with van der Waals surface area (Å²) in [5.41, 5.74) is 0. The van der Waals surface area contributed by atoms with Gasteiger partial charge < -0.3 is 10.2 Å². The van der Waals surface area contributed by atoms with Gasteiger partial charge in [-0.05, 0) is 38.3 Å². The van der Waals surface area contributed by atoms with E-state index in [0.29, 0.717) is 0 Å². The second kappa shape index (κ2) is 6.61. The number of hydrogen-bond acceptors (Lipinski definition) is 2. The van der Waals surface area contributed by atoms with Gasteiger partial charge in [-0.1, -0.05) is 32.6 Å². The van der Waals surface area contributed by atoms with Crippen molar-refractivity contribution in [2.24, 2.45) is 5.92 Å². The van der Waals surface area contributed by atoms with Crippen LogP contribution in [0.5, 0.6) is 0 Å². The molecule has 1 N–H and O–H groups in total. The second-order valence-corrected chi connectivity index (χ2v) is 5.63.